The first kappa shape index (κ1) is 12.9. The van der Waals surface area contributed by atoms with Crippen molar-refractivity contribution in [2.45, 2.75) is 26.3 Å². The van der Waals surface area contributed by atoms with E-state index in [0.29, 0.717) is 11.1 Å². The molecule has 1 aromatic carbocycles. The fourth-order valence-corrected chi connectivity index (χ4v) is 2.65. The van der Waals surface area contributed by atoms with Crippen LogP contribution in [-0.2, 0) is 6.42 Å². The highest BCUT2D eigenvalue weighted by Gasteiger charge is 2.10. The van der Waals surface area contributed by atoms with Gasteiger partial charge in [-0.15, -0.1) is 0 Å². The molecule has 0 amide bonds. The van der Waals surface area contributed by atoms with Crippen molar-refractivity contribution in [1.29, 1.82) is 0 Å². The van der Waals surface area contributed by atoms with E-state index in [-0.39, 0.29) is 0 Å². The quantitative estimate of drug-likeness (QED) is 0.905. The van der Waals surface area contributed by atoms with Gasteiger partial charge >= 0.3 is 0 Å². The van der Waals surface area contributed by atoms with Crippen LogP contribution in [0.5, 0.6) is 0 Å². The lowest BCUT2D eigenvalue weighted by Crippen LogP contribution is -2.24. The third-order valence-corrected chi connectivity index (χ3v) is 3.36. The molecule has 0 spiro atoms. The molecule has 2 aromatic rings. The molecule has 0 aliphatic carbocycles. The van der Waals surface area contributed by atoms with Crippen molar-refractivity contribution in [2.24, 2.45) is 0 Å². The molecule has 0 aliphatic heterocycles. The van der Waals surface area contributed by atoms with E-state index < -0.39 is 0 Å². The summed E-state index contributed by atoms with van der Waals surface area (Å²) in [6.07, 6.45) is 2.74. The molecule has 1 N–H and O–H groups in total. The standard InChI is InChI=1S/C13H15BrClNO/c1-8(2)16-4-3-9-7-17-13-11(9)5-10(14)6-12(13)15/h5-8,16H,3-4H2,1-2H3. The Kier molecular flexibility index (Phi) is 4.13. The van der Waals surface area contributed by atoms with E-state index in [2.05, 4.69) is 41.2 Å². The van der Waals surface area contributed by atoms with Crippen LogP contribution in [-0.4, -0.2) is 12.6 Å². The van der Waals surface area contributed by atoms with Gasteiger partial charge in [0.15, 0.2) is 5.58 Å². The van der Waals surface area contributed by atoms with E-state index in [1.54, 1.807) is 6.26 Å². The maximum atomic E-state index is 6.12. The average molecular weight is 317 g/mol. The van der Waals surface area contributed by atoms with Crippen molar-refractivity contribution < 1.29 is 4.42 Å². The number of nitrogens with one attached hydrogen (secondary N) is 1. The molecule has 2 nitrogen and oxygen atoms in total. The number of fused-ring (bicyclic) bond motifs is 1. The first-order valence-corrected chi connectivity index (χ1v) is 6.83. The third kappa shape index (κ3) is 3.03. The molecule has 0 aliphatic rings. The Morgan fingerprint density at radius 1 is 1.41 bits per heavy atom. The summed E-state index contributed by atoms with van der Waals surface area (Å²) in [5.41, 5.74) is 1.96. The summed E-state index contributed by atoms with van der Waals surface area (Å²) < 4.78 is 6.49. The zero-order valence-electron chi connectivity index (χ0n) is 9.89. The highest BCUT2D eigenvalue weighted by molar-refractivity contribution is 9.10. The van der Waals surface area contributed by atoms with Gasteiger partial charge in [-0.3, -0.25) is 0 Å². The Morgan fingerprint density at radius 3 is 2.88 bits per heavy atom. The van der Waals surface area contributed by atoms with E-state index in [9.17, 15) is 0 Å². The normalized spacial score (nSPS) is 11.6. The number of furan rings is 1. The Balaban J connectivity index is 2.23. The first-order valence-electron chi connectivity index (χ1n) is 5.66. The van der Waals surface area contributed by atoms with Crippen molar-refractivity contribution in [2.75, 3.05) is 6.54 Å². The molecule has 1 heterocycles. The van der Waals surface area contributed by atoms with Gasteiger partial charge in [-0.05, 0) is 30.7 Å². The first-order chi connectivity index (χ1) is 8.08. The molecule has 0 fully saturated rings. The smallest absolute Gasteiger partial charge is 0.152 e. The van der Waals surface area contributed by atoms with Crippen LogP contribution >= 0.6 is 27.5 Å². The maximum Gasteiger partial charge on any atom is 0.152 e. The van der Waals surface area contributed by atoms with Gasteiger partial charge < -0.3 is 9.73 Å². The van der Waals surface area contributed by atoms with Crippen molar-refractivity contribution in [3.63, 3.8) is 0 Å². The second kappa shape index (κ2) is 5.42. The molecule has 4 heteroatoms. The number of hydrogen-bond donors (Lipinski definition) is 1. The number of hydrogen-bond acceptors (Lipinski definition) is 2. The van der Waals surface area contributed by atoms with Crippen LogP contribution in [0.4, 0.5) is 0 Å². The summed E-state index contributed by atoms with van der Waals surface area (Å²) in [4.78, 5) is 0. The zero-order valence-corrected chi connectivity index (χ0v) is 12.2. The summed E-state index contributed by atoms with van der Waals surface area (Å²) in [5.74, 6) is 0. The van der Waals surface area contributed by atoms with Gasteiger partial charge in [0.1, 0.15) is 0 Å². The number of benzene rings is 1. The molecule has 0 unspecified atom stereocenters. The van der Waals surface area contributed by atoms with E-state index in [1.165, 1.54) is 5.56 Å². The molecule has 17 heavy (non-hydrogen) atoms. The summed E-state index contributed by atoms with van der Waals surface area (Å²) >= 11 is 9.57. The molecular formula is C13H15BrClNO. The van der Waals surface area contributed by atoms with Crippen molar-refractivity contribution in [3.05, 3.63) is 33.5 Å². The Hall–Kier alpha value is -0.510. The lowest BCUT2D eigenvalue weighted by molar-refractivity contribution is 0.580. The molecule has 0 bridgehead atoms. The average Bonchev–Trinajstić information content (AvgIpc) is 2.61. The summed E-state index contributed by atoms with van der Waals surface area (Å²) in [6, 6.07) is 4.40. The molecule has 92 valence electrons. The molecular weight excluding hydrogens is 302 g/mol. The third-order valence-electron chi connectivity index (χ3n) is 2.62. The SMILES string of the molecule is CC(C)NCCc1coc2c(Cl)cc(Br)cc12. The van der Waals surface area contributed by atoms with Crippen LogP contribution in [0.2, 0.25) is 5.02 Å². The fraction of sp³-hybridized carbons (Fsp3) is 0.385. The summed E-state index contributed by atoms with van der Waals surface area (Å²) in [5, 5.41) is 5.13. The Labute approximate surface area is 114 Å². The largest absolute Gasteiger partial charge is 0.462 e. The van der Waals surface area contributed by atoms with Gasteiger partial charge in [0, 0.05) is 15.9 Å². The van der Waals surface area contributed by atoms with Gasteiger partial charge in [-0.25, -0.2) is 0 Å². The molecule has 1 aromatic heterocycles. The van der Waals surface area contributed by atoms with Crippen LogP contribution in [0, 0.1) is 0 Å². The lowest BCUT2D eigenvalue weighted by atomic mass is 10.1. The maximum absolute atomic E-state index is 6.12. The number of halogens is 2. The zero-order chi connectivity index (χ0) is 12.4. The van der Waals surface area contributed by atoms with E-state index >= 15 is 0 Å². The molecule has 2 rings (SSSR count). The minimum absolute atomic E-state index is 0.503. The fourth-order valence-electron chi connectivity index (χ4n) is 1.80. The Morgan fingerprint density at radius 2 is 2.18 bits per heavy atom. The summed E-state index contributed by atoms with van der Waals surface area (Å²) in [6.45, 7) is 5.22. The molecule has 0 saturated heterocycles. The highest BCUT2D eigenvalue weighted by Crippen LogP contribution is 2.31. The van der Waals surface area contributed by atoms with Crippen LogP contribution in [0.3, 0.4) is 0 Å². The summed E-state index contributed by atoms with van der Waals surface area (Å²) in [7, 11) is 0. The van der Waals surface area contributed by atoms with Gasteiger partial charge in [0.05, 0.1) is 11.3 Å². The van der Waals surface area contributed by atoms with Gasteiger partial charge in [-0.2, -0.15) is 0 Å². The van der Waals surface area contributed by atoms with Gasteiger partial charge in [0.2, 0.25) is 0 Å². The second-order valence-corrected chi connectivity index (χ2v) is 5.71. The van der Waals surface area contributed by atoms with Gasteiger partial charge in [-0.1, -0.05) is 41.4 Å². The van der Waals surface area contributed by atoms with Crippen LogP contribution in [0.15, 0.2) is 27.3 Å². The van der Waals surface area contributed by atoms with Crippen LogP contribution < -0.4 is 5.32 Å². The van der Waals surface area contributed by atoms with Crippen molar-refractivity contribution in [1.82, 2.24) is 5.32 Å². The monoisotopic (exact) mass is 315 g/mol. The van der Waals surface area contributed by atoms with E-state index in [4.69, 9.17) is 16.0 Å². The van der Waals surface area contributed by atoms with E-state index in [1.807, 2.05) is 6.07 Å². The molecule has 0 atom stereocenters. The predicted octanol–water partition coefficient (Wildman–Crippen LogP) is 4.39. The van der Waals surface area contributed by atoms with Crippen molar-refractivity contribution >= 4 is 38.5 Å². The van der Waals surface area contributed by atoms with Gasteiger partial charge in [0.25, 0.3) is 0 Å². The number of rotatable bonds is 4. The van der Waals surface area contributed by atoms with E-state index in [0.717, 1.165) is 28.4 Å². The predicted molar refractivity (Wildman–Crippen MR) is 75.8 cm³/mol. The lowest BCUT2D eigenvalue weighted by Gasteiger charge is -2.06. The molecule has 0 saturated carbocycles. The second-order valence-electron chi connectivity index (χ2n) is 4.38. The molecule has 0 radical (unpaired) electrons. The van der Waals surface area contributed by atoms with Crippen molar-refractivity contribution in [3.8, 4) is 0 Å². The minimum atomic E-state index is 0.503. The topological polar surface area (TPSA) is 25.2 Å². The highest BCUT2D eigenvalue weighted by atomic mass is 79.9. The van der Waals surface area contributed by atoms with Crippen LogP contribution in [0.25, 0.3) is 11.0 Å². The minimum Gasteiger partial charge on any atom is -0.462 e. The Bertz CT molecular complexity index is 521. The van der Waals surface area contributed by atoms with Crippen LogP contribution in [0.1, 0.15) is 19.4 Å².